The van der Waals surface area contributed by atoms with Crippen LogP contribution in [0.3, 0.4) is 0 Å². The predicted octanol–water partition coefficient (Wildman–Crippen LogP) is 4.08. The molecule has 29 nitrogen and oxygen atoms in total. The third-order valence-electron chi connectivity index (χ3n) is 17.6. The Bertz CT molecular complexity index is 3030. The van der Waals surface area contributed by atoms with Gasteiger partial charge in [-0.3, -0.25) is 48.1 Å². The van der Waals surface area contributed by atoms with Crippen molar-refractivity contribution in [3.05, 3.63) is 59.7 Å². The van der Waals surface area contributed by atoms with Crippen LogP contribution in [0.15, 0.2) is 48.5 Å². The summed E-state index contributed by atoms with van der Waals surface area (Å²) in [5.41, 5.74) is 6.73. The highest BCUT2D eigenvalue weighted by Gasteiger charge is 2.56. The maximum atomic E-state index is 15.0. The number of aliphatic hydroxyl groups is 1. The predicted molar refractivity (Wildman–Crippen MR) is 352 cm³/mol. The van der Waals surface area contributed by atoms with E-state index in [1.165, 1.54) is 51.3 Å². The van der Waals surface area contributed by atoms with Gasteiger partial charge < -0.3 is 84.5 Å². The molecule has 542 valence electrons. The molecule has 1 unspecified atom stereocenters. The fourth-order valence-corrected chi connectivity index (χ4v) is 12.0. The van der Waals surface area contributed by atoms with E-state index in [-0.39, 0.29) is 47.1 Å². The number of nitrogens with two attached hydrogens (primary N) is 1. The third-order valence-corrected chi connectivity index (χ3v) is 17.6. The smallest absolute Gasteiger partial charge is 0.410 e. The Morgan fingerprint density at radius 1 is 0.711 bits per heavy atom. The number of nitrogens with one attached hydrogen (secondary N) is 4. The van der Waals surface area contributed by atoms with Crippen LogP contribution in [0.2, 0.25) is 0 Å². The molecule has 2 saturated heterocycles. The van der Waals surface area contributed by atoms with Crippen molar-refractivity contribution in [2.24, 2.45) is 35.3 Å². The van der Waals surface area contributed by atoms with E-state index in [9.17, 15) is 57.8 Å². The molecule has 0 spiro atoms. The molecule has 0 aliphatic carbocycles. The van der Waals surface area contributed by atoms with Crippen molar-refractivity contribution in [1.82, 2.24) is 30.7 Å². The Balaban J connectivity index is 1.60. The number of carbonyl (C=O) groups excluding carboxylic acids is 11. The van der Waals surface area contributed by atoms with Crippen LogP contribution in [-0.4, -0.2) is 212 Å². The Morgan fingerprint density at radius 3 is 1.87 bits per heavy atom. The molecule has 97 heavy (non-hydrogen) atoms. The molecule has 7 N–H and O–H groups in total. The van der Waals surface area contributed by atoms with Crippen molar-refractivity contribution < 1.29 is 100 Å². The van der Waals surface area contributed by atoms with Crippen molar-refractivity contribution in [2.45, 2.75) is 221 Å². The lowest BCUT2D eigenvalue weighted by Gasteiger charge is -2.43. The molecule has 2 aromatic rings. The number of nitrogens with zero attached hydrogens (tertiary/aromatic N) is 3. The van der Waals surface area contributed by atoms with Crippen molar-refractivity contribution >= 4 is 71.1 Å². The summed E-state index contributed by atoms with van der Waals surface area (Å²) < 4.78 is 51.5. The summed E-state index contributed by atoms with van der Waals surface area (Å²) in [5.74, 6) is -9.79. The minimum Gasteiger partial charge on any atom is -0.467 e. The summed E-state index contributed by atoms with van der Waals surface area (Å²) in [6.07, 6.45) is -10.9. The zero-order valence-electron chi connectivity index (χ0n) is 59.4. The van der Waals surface area contributed by atoms with E-state index in [1.54, 1.807) is 91.6 Å². The number of methoxy groups -OCH3 is 3. The fraction of sp³-hybridized carbons (Fsp3) is 0.662. The van der Waals surface area contributed by atoms with Crippen LogP contribution in [0.5, 0.6) is 5.75 Å². The monoisotopic (exact) mass is 1370 g/mol. The van der Waals surface area contributed by atoms with Crippen molar-refractivity contribution in [2.75, 3.05) is 47.3 Å². The van der Waals surface area contributed by atoms with Gasteiger partial charge in [0.25, 0.3) is 0 Å². The first-order valence-electron chi connectivity index (χ1n) is 32.8. The fourth-order valence-electron chi connectivity index (χ4n) is 12.0. The molecule has 2 aliphatic heterocycles. The second kappa shape index (κ2) is 37.7. The molecule has 2 fully saturated rings. The van der Waals surface area contributed by atoms with Gasteiger partial charge in [-0.15, -0.1) is 0 Å². The van der Waals surface area contributed by atoms with E-state index < -0.39 is 169 Å². The van der Waals surface area contributed by atoms with Crippen molar-refractivity contribution in [1.29, 1.82) is 0 Å². The van der Waals surface area contributed by atoms with Gasteiger partial charge in [0, 0.05) is 55.6 Å². The molecular weight excluding hydrogens is 1260 g/mol. The first-order chi connectivity index (χ1) is 45.5. The number of anilines is 1. The molecule has 0 bridgehead atoms. The molecule has 17 atom stereocenters. The van der Waals surface area contributed by atoms with Crippen LogP contribution in [0.4, 0.5) is 10.5 Å². The second-order valence-corrected chi connectivity index (χ2v) is 25.9. The van der Waals surface area contributed by atoms with Gasteiger partial charge in [0.05, 0.1) is 67.6 Å². The summed E-state index contributed by atoms with van der Waals surface area (Å²) in [6, 6.07) is 6.71. The Kier molecular flexibility index (Phi) is 31.6. The zero-order chi connectivity index (χ0) is 73.0. The molecule has 0 radical (unpaired) electrons. The first-order valence-corrected chi connectivity index (χ1v) is 32.8. The average Bonchev–Trinajstić information content (AvgIpc) is 0.871. The van der Waals surface area contributed by atoms with Gasteiger partial charge in [-0.2, -0.15) is 0 Å². The number of hydrogen-bond donors (Lipinski definition) is 6. The average molecular weight is 1370 g/mol. The van der Waals surface area contributed by atoms with Crippen LogP contribution in [0.1, 0.15) is 140 Å². The summed E-state index contributed by atoms with van der Waals surface area (Å²) in [7, 11) is 6.91. The lowest BCUT2D eigenvalue weighted by Crippen LogP contribution is -2.64. The number of likely N-dealkylation sites (N-methyl/N-ethyl adjacent to an activating group) is 2. The minimum atomic E-state index is -1.91. The molecular formula is C68H104N8O21. The largest absolute Gasteiger partial charge is 0.467 e. The van der Waals surface area contributed by atoms with Gasteiger partial charge in [-0.05, 0) is 73.6 Å². The van der Waals surface area contributed by atoms with Crippen LogP contribution in [0.25, 0.3) is 0 Å². The van der Waals surface area contributed by atoms with Gasteiger partial charge in [0.1, 0.15) is 30.5 Å². The van der Waals surface area contributed by atoms with E-state index in [1.807, 2.05) is 19.9 Å². The van der Waals surface area contributed by atoms with Crippen LogP contribution >= 0.6 is 0 Å². The summed E-state index contributed by atoms with van der Waals surface area (Å²) in [5, 5.41) is 22.0. The quantitative estimate of drug-likeness (QED) is 0.0433. The maximum Gasteiger partial charge on any atom is 0.410 e. The highest BCUT2D eigenvalue weighted by molar-refractivity contribution is 5.98. The molecule has 0 aromatic heterocycles. The molecule has 4 rings (SSSR count). The van der Waals surface area contributed by atoms with E-state index >= 15 is 0 Å². The summed E-state index contributed by atoms with van der Waals surface area (Å²) >= 11 is 0. The molecule has 29 heteroatoms. The van der Waals surface area contributed by atoms with Gasteiger partial charge in [0.15, 0.2) is 18.3 Å². The molecule has 2 aromatic carbocycles. The number of amides is 7. The highest BCUT2D eigenvalue weighted by Crippen LogP contribution is 2.36. The zero-order valence-corrected chi connectivity index (χ0v) is 59.4. The topological polar surface area (TPSA) is 375 Å². The number of aliphatic hydroxyl groups excluding tert-OH is 1. The Morgan fingerprint density at radius 2 is 1.32 bits per heavy atom. The second-order valence-electron chi connectivity index (χ2n) is 25.9. The van der Waals surface area contributed by atoms with Crippen molar-refractivity contribution in [3.63, 3.8) is 0 Å². The summed E-state index contributed by atoms with van der Waals surface area (Å²) in [4.78, 5) is 154. The number of rotatable bonds is 33. The van der Waals surface area contributed by atoms with Crippen LogP contribution < -0.4 is 31.7 Å². The van der Waals surface area contributed by atoms with E-state index in [4.69, 9.17) is 48.4 Å². The number of likely N-dealkylation sites (tertiary alicyclic amines) is 1. The lowest BCUT2D eigenvalue weighted by molar-refractivity contribution is -0.282. The maximum absolute atomic E-state index is 15.0. The standard InChI is InChI=1S/C68H104N8O21/c1-20-37(8)54(49(89-17)32-50(80)76-30-24-27-47(76)56(90-18)38(9)61(82)70-39(10)55(81)45-25-22-21-23-26-45)74(15)65(86)52(35(4)5)73-64(85)53(36(6)7)75(16)68(88)92-33-44-28-29-46(72-62(83)40(11)71-63(84)51(69)34(2)3)48(31-44)96-67-60(95-43(14)79)58(94-42(13)78)57(93-41(12)77)59(97-67)66(87)91-19/h21-23,25-26,28-29,31,34-40,47,49,51-60,67,81H,20,24,27,30,32-33,69H2,1-19H3,(H,70,82)(H,71,84)(H,72,83)(H,73,85)/t37-,38+,39+,40+,47-,49+,51+,52?,53-,54-,55+,56+,57+,58+,59+,60-,67-/m1/s1. The number of hydrogen-bond acceptors (Lipinski definition) is 22. The number of ether oxygens (including phenoxy) is 9. The Hall–Kier alpha value is -7.99. The first kappa shape index (κ1) is 81.4. The number of benzene rings is 2. The van der Waals surface area contributed by atoms with Gasteiger partial charge in [-0.25, -0.2) is 9.59 Å². The van der Waals surface area contributed by atoms with E-state index in [0.717, 1.165) is 32.8 Å². The Labute approximate surface area is 568 Å². The highest BCUT2D eigenvalue weighted by atomic mass is 16.7. The number of esters is 4. The SMILES string of the molecule is CC[C@@H](C)[C@H]([C@H](CC(=O)N1CCC[C@@H]1[C@@H](OC)[C@H](C)C(=O)N[C@@H](C)[C@H](O)c1ccccc1)OC)N(C)C(=O)C(NC(=O)[C@@H](C(C)C)N(C)C(=O)OCc1ccc(NC(=O)[C@H](C)NC(=O)[C@@H](N)C(C)C)c(O[C@@H]2O[C@H](C(=O)OC)[C@@H](OC(C)=O)[C@H](OC(C)=O)[C@H]2OC(C)=O)c1)C(C)C. The van der Waals surface area contributed by atoms with Crippen molar-refractivity contribution in [3.8, 4) is 5.75 Å². The molecule has 0 saturated carbocycles. The van der Waals surface area contributed by atoms with E-state index in [2.05, 4.69) is 21.3 Å². The van der Waals surface area contributed by atoms with Gasteiger partial charge in [-0.1, -0.05) is 105 Å². The summed E-state index contributed by atoms with van der Waals surface area (Å²) in [6.45, 7) is 22.0. The number of carbonyl (C=O) groups is 11. The van der Waals surface area contributed by atoms with Crippen LogP contribution in [0, 0.1) is 29.6 Å². The lowest BCUT2D eigenvalue weighted by atomic mass is 9.89. The minimum absolute atomic E-state index is 0.121. The van der Waals surface area contributed by atoms with E-state index in [0.29, 0.717) is 31.4 Å². The van der Waals surface area contributed by atoms with Crippen LogP contribution in [-0.2, 0) is 92.4 Å². The van der Waals surface area contributed by atoms with Gasteiger partial charge >= 0.3 is 30.0 Å². The normalized spacial score (nSPS) is 21.1. The molecule has 2 heterocycles. The molecule has 2 aliphatic rings. The third kappa shape index (κ3) is 22.0. The molecule has 7 amide bonds. The van der Waals surface area contributed by atoms with Gasteiger partial charge in [0.2, 0.25) is 47.8 Å².